The molecule has 0 spiro atoms. The van der Waals surface area contributed by atoms with Gasteiger partial charge >= 0.3 is 5.97 Å². The van der Waals surface area contributed by atoms with Gasteiger partial charge in [-0.2, -0.15) is 0 Å². The van der Waals surface area contributed by atoms with Gasteiger partial charge in [-0.1, -0.05) is 0 Å². The van der Waals surface area contributed by atoms with E-state index >= 15 is 0 Å². The van der Waals surface area contributed by atoms with Crippen molar-refractivity contribution in [3.8, 4) is 0 Å². The van der Waals surface area contributed by atoms with Gasteiger partial charge in [0.2, 0.25) is 5.91 Å². The van der Waals surface area contributed by atoms with Crippen molar-refractivity contribution in [3.05, 3.63) is 22.2 Å². The van der Waals surface area contributed by atoms with Gasteiger partial charge in [0.1, 0.15) is 0 Å². The molecule has 0 fully saturated rings. The van der Waals surface area contributed by atoms with Crippen molar-refractivity contribution in [2.24, 2.45) is 0 Å². The van der Waals surface area contributed by atoms with Crippen molar-refractivity contribution in [1.29, 1.82) is 0 Å². The summed E-state index contributed by atoms with van der Waals surface area (Å²) in [6.07, 6.45) is 3.31. The van der Waals surface area contributed by atoms with E-state index in [9.17, 15) is 9.59 Å². The zero-order valence-electron chi connectivity index (χ0n) is 10.7. The van der Waals surface area contributed by atoms with Crippen LogP contribution in [-0.2, 0) is 14.3 Å². The highest BCUT2D eigenvalue weighted by atomic mass is 32.1. The summed E-state index contributed by atoms with van der Waals surface area (Å²) >= 11 is 1.53. The van der Waals surface area contributed by atoms with Crippen molar-refractivity contribution in [2.45, 2.75) is 13.3 Å². The van der Waals surface area contributed by atoms with Gasteiger partial charge in [0, 0.05) is 25.0 Å². The van der Waals surface area contributed by atoms with Crippen molar-refractivity contribution >= 4 is 29.3 Å². The first kappa shape index (κ1) is 14.4. The number of amides is 1. The number of likely N-dealkylation sites (N-methyl/N-ethyl adjacent to an activating group) is 1. The van der Waals surface area contributed by atoms with Crippen LogP contribution in [0.2, 0.25) is 0 Å². The molecule has 1 heterocycles. The van der Waals surface area contributed by atoms with Gasteiger partial charge in [0.05, 0.1) is 24.2 Å². The van der Waals surface area contributed by atoms with Crippen molar-refractivity contribution in [2.75, 3.05) is 20.7 Å². The third kappa shape index (κ3) is 4.67. The van der Waals surface area contributed by atoms with Gasteiger partial charge in [-0.3, -0.25) is 9.59 Å². The first-order chi connectivity index (χ1) is 8.52. The minimum Gasteiger partial charge on any atom is -0.469 e. The van der Waals surface area contributed by atoms with E-state index in [0.717, 1.165) is 10.7 Å². The Balaban J connectivity index is 2.44. The monoisotopic (exact) mass is 268 g/mol. The van der Waals surface area contributed by atoms with Crippen LogP contribution in [0.5, 0.6) is 0 Å². The molecule has 0 aliphatic rings. The van der Waals surface area contributed by atoms with E-state index in [1.165, 1.54) is 29.4 Å². The molecule has 18 heavy (non-hydrogen) atoms. The molecule has 0 radical (unpaired) electrons. The van der Waals surface area contributed by atoms with E-state index in [0.29, 0.717) is 6.54 Å². The van der Waals surface area contributed by atoms with E-state index in [1.807, 2.05) is 12.3 Å². The molecule has 0 atom stereocenters. The summed E-state index contributed by atoms with van der Waals surface area (Å²) in [4.78, 5) is 28.3. The molecule has 1 aromatic heterocycles. The minimum atomic E-state index is -0.325. The number of thiazole rings is 1. The number of nitrogens with zero attached hydrogens (tertiary/aromatic N) is 2. The Hall–Kier alpha value is -1.69. The molecular formula is C12H16N2O3S. The highest BCUT2D eigenvalue weighted by Gasteiger charge is 2.08. The number of esters is 1. The Bertz CT molecular complexity index is 454. The van der Waals surface area contributed by atoms with Crippen LogP contribution < -0.4 is 0 Å². The molecule has 0 aliphatic heterocycles. The minimum absolute atomic E-state index is 0.162. The lowest BCUT2D eigenvalue weighted by Gasteiger charge is -2.13. The van der Waals surface area contributed by atoms with E-state index in [1.54, 1.807) is 13.1 Å². The number of aryl methyl sites for hydroxylation is 1. The number of ether oxygens (including phenoxy) is 1. The summed E-state index contributed by atoms with van der Waals surface area (Å²) in [6, 6.07) is 0. The molecule has 1 rings (SSSR count). The number of hydrogen-bond acceptors (Lipinski definition) is 5. The third-order valence-electron chi connectivity index (χ3n) is 2.29. The lowest BCUT2D eigenvalue weighted by atomic mass is 10.3. The van der Waals surface area contributed by atoms with Crippen LogP contribution in [0.1, 0.15) is 17.1 Å². The molecule has 0 aliphatic carbocycles. The summed E-state index contributed by atoms with van der Waals surface area (Å²) in [5, 5.41) is 2.84. The van der Waals surface area contributed by atoms with Crippen LogP contribution in [0.25, 0.3) is 6.08 Å². The van der Waals surface area contributed by atoms with E-state index in [2.05, 4.69) is 9.72 Å². The van der Waals surface area contributed by atoms with Crippen LogP contribution in [0.15, 0.2) is 11.5 Å². The summed E-state index contributed by atoms with van der Waals surface area (Å²) in [5.74, 6) is -0.488. The molecule has 1 amide bonds. The molecule has 5 nitrogen and oxygen atoms in total. The zero-order valence-corrected chi connectivity index (χ0v) is 11.5. The fraction of sp³-hybridized carbons (Fsp3) is 0.417. The fourth-order valence-electron chi connectivity index (χ4n) is 1.21. The SMILES string of the molecule is COC(=O)CCN(C)C(=O)/C=C/c1csc(C)n1. The molecule has 1 aromatic rings. The topological polar surface area (TPSA) is 59.5 Å². The van der Waals surface area contributed by atoms with Crippen LogP contribution in [-0.4, -0.2) is 42.5 Å². The molecule has 0 saturated heterocycles. The average molecular weight is 268 g/mol. The lowest BCUT2D eigenvalue weighted by Crippen LogP contribution is -2.27. The quantitative estimate of drug-likeness (QED) is 0.599. The van der Waals surface area contributed by atoms with E-state index < -0.39 is 0 Å². The second-order valence-electron chi connectivity index (χ2n) is 3.71. The largest absolute Gasteiger partial charge is 0.469 e. The van der Waals surface area contributed by atoms with Crippen LogP contribution in [0.3, 0.4) is 0 Å². The standard InChI is InChI=1S/C12H16N2O3S/c1-9-13-10(8-18-9)4-5-11(15)14(2)7-6-12(16)17-3/h4-5,8H,6-7H2,1-3H3/b5-4+. The first-order valence-electron chi connectivity index (χ1n) is 5.45. The normalized spacial score (nSPS) is 10.6. The number of hydrogen-bond donors (Lipinski definition) is 0. The highest BCUT2D eigenvalue weighted by molar-refractivity contribution is 7.09. The summed E-state index contributed by atoms with van der Waals surface area (Å²) in [5.41, 5.74) is 0.771. The Kier molecular flexibility index (Phi) is 5.51. The Morgan fingerprint density at radius 1 is 1.56 bits per heavy atom. The molecule has 0 aromatic carbocycles. The second kappa shape index (κ2) is 6.90. The third-order valence-corrected chi connectivity index (χ3v) is 3.08. The van der Waals surface area contributed by atoms with Gasteiger partial charge in [0.25, 0.3) is 0 Å². The molecule has 0 saturated carbocycles. The highest BCUT2D eigenvalue weighted by Crippen LogP contribution is 2.09. The Labute approximate surface area is 110 Å². The smallest absolute Gasteiger partial charge is 0.307 e. The number of methoxy groups -OCH3 is 1. The maximum atomic E-state index is 11.7. The maximum absolute atomic E-state index is 11.7. The Morgan fingerprint density at radius 3 is 2.83 bits per heavy atom. The predicted molar refractivity (Wildman–Crippen MR) is 70.2 cm³/mol. The molecule has 0 unspecified atom stereocenters. The lowest BCUT2D eigenvalue weighted by molar-refractivity contribution is -0.141. The van der Waals surface area contributed by atoms with Crippen LogP contribution in [0, 0.1) is 6.92 Å². The number of carbonyl (C=O) groups excluding carboxylic acids is 2. The molecule has 98 valence electrons. The van der Waals surface area contributed by atoms with E-state index in [4.69, 9.17) is 0 Å². The Morgan fingerprint density at radius 2 is 2.28 bits per heavy atom. The summed E-state index contributed by atoms with van der Waals surface area (Å²) in [6.45, 7) is 2.25. The first-order valence-corrected chi connectivity index (χ1v) is 6.33. The number of aromatic nitrogens is 1. The van der Waals surface area contributed by atoms with E-state index in [-0.39, 0.29) is 18.3 Å². The molecule has 6 heteroatoms. The van der Waals surface area contributed by atoms with Gasteiger partial charge < -0.3 is 9.64 Å². The number of rotatable bonds is 5. The van der Waals surface area contributed by atoms with Crippen molar-refractivity contribution < 1.29 is 14.3 Å². The summed E-state index contributed by atoms with van der Waals surface area (Å²) < 4.78 is 4.51. The van der Waals surface area contributed by atoms with Crippen LogP contribution >= 0.6 is 11.3 Å². The van der Waals surface area contributed by atoms with Crippen LogP contribution in [0.4, 0.5) is 0 Å². The molecular weight excluding hydrogens is 252 g/mol. The fourth-order valence-corrected chi connectivity index (χ4v) is 1.79. The van der Waals surface area contributed by atoms with Gasteiger partial charge in [-0.15, -0.1) is 11.3 Å². The number of carbonyl (C=O) groups is 2. The zero-order chi connectivity index (χ0) is 13.5. The average Bonchev–Trinajstić information content (AvgIpc) is 2.78. The van der Waals surface area contributed by atoms with Gasteiger partial charge in [-0.05, 0) is 13.0 Å². The summed E-state index contributed by atoms with van der Waals surface area (Å²) in [7, 11) is 2.97. The maximum Gasteiger partial charge on any atom is 0.307 e. The second-order valence-corrected chi connectivity index (χ2v) is 4.77. The van der Waals surface area contributed by atoms with Gasteiger partial charge in [-0.25, -0.2) is 4.98 Å². The molecule has 0 bridgehead atoms. The molecule has 0 N–H and O–H groups in total. The van der Waals surface area contributed by atoms with Gasteiger partial charge in [0.15, 0.2) is 0 Å². The predicted octanol–water partition coefficient (Wildman–Crippen LogP) is 1.49. The van der Waals surface area contributed by atoms with Crippen molar-refractivity contribution in [3.63, 3.8) is 0 Å². The van der Waals surface area contributed by atoms with Crippen molar-refractivity contribution in [1.82, 2.24) is 9.88 Å².